The van der Waals surface area contributed by atoms with Crippen molar-refractivity contribution in [1.29, 1.82) is 0 Å². The van der Waals surface area contributed by atoms with Crippen LogP contribution in [0, 0.1) is 0 Å². The highest BCUT2D eigenvalue weighted by molar-refractivity contribution is 5.99. The first-order valence-electron chi connectivity index (χ1n) is 3.30. The molecule has 0 saturated heterocycles. The van der Waals surface area contributed by atoms with Gasteiger partial charge in [-0.05, 0) is 0 Å². The van der Waals surface area contributed by atoms with E-state index in [-0.39, 0.29) is 11.4 Å². The third-order valence-corrected chi connectivity index (χ3v) is 1.42. The van der Waals surface area contributed by atoms with Crippen LogP contribution in [0.4, 0.5) is 11.6 Å². The molecule has 6 heteroatoms. The lowest BCUT2D eigenvalue weighted by Crippen LogP contribution is -2.06. The van der Waals surface area contributed by atoms with E-state index in [0.29, 0.717) is 5.82 Å². The first-order chi connectivity index (χ1) is 5.70. The molecular formula is C6H10N4O2. The van der Waals surface area contributed by atoms with Crippen molar-refractivity contribution in [3.63, 3.8) is 0 Å². The minimum absolute atomic E-state index is 0.200. The van der Waals surface area contributed by atoms with Crippen molar-refractivity contribution in [2.45, 2.75) is 0 Å². The molecule has 1 aromatic rings. The number of nitrogens with two attached hydrogens (primary N) is 1. The SMILES string of the molecule is CNc1n[nH]c(N)c1C(=O)OC. The number of hydrogen-bond acceptors (Lipinski definition) is 5. The second kappa shape index (κ2) is 3.12. The molecule has 0 fully saturated rings. The Morgan fingerprint density at radius 1 is 1.75 bits per heavy atom. The molecule has 0 aliphatic heterocycles. The van der Waals surface area contributed by atoms with Crippen LogP contribution in [0.2, 0.25) is 0 Å². The lowest BCUT2D eigenvalue weighted by molar-refractivity contribution is 0.0603. The zero-order valence-electron chi connectivity index (χ0n) is 6.84. The van der Waals surface area contributed by atoms with Crippen molar-refractivity contribution in [1.82, 2.24) is 10.2 Å². The zero-order valence-corrected chi connectivity index (χ0v) is 6.84. The summed E-state index contributed by atoms with van der Waals surface area (Å²) in [5.41, 5.74) is 5.67. The first kappa shape index (κ1) is 8.38. The van der Waals surface area contributed by atoms with Gasteiger partial charge in [-0.3, -0.25) is 5.10 Å². The second-order valence-corrected chi connectivity index (χ2v) is 2.10. The largest absolute Gasteiger partial charge is 0.465 e. The number of hydrogen-bond donors (Lipinski definition) is 3. The van der Waals surface area contributed by atoms with E-state index in [4.69, 9.17) is 5.73 Å². The first-order valence-corrected chi connectivity index (χ1v) is 3.30. The number of anilines is 2. The molecule has 1 rings (SSSR count). The molecule has 0 amide bonds. The monoisotopic (exact) mass is 170 g/mol. The number of nitrogens with one attached hydrogen (secondary N) is 2. The van der Waals surface area contributed by atoms with Crippen molar-refractivity contribution < 1.29 is 9.53 Å². The fourth-order valence-corrected chi connectivity index (χ4v) is 0.845. The molecule has 4 N–H and O–H groups in total. The van der Waals surface area contributed by atoms with Gasteiger partial charge in [0.05, 0.1) is 7.11 Å². The van der Waals surface area contributed by atoms with E-state index < -0.39 is 5.97 Å². The van der Waals surface area contributed by atoms with Gasteiger partial charge in [0.15, 0.2) is 5.82 Å². The average Bonchev–Trinajstić information content (AvgIpc) is 2.45. The van der Waals surface area contributed by atoms with Gasteiger partial charge in [-0.25, -0.2) is 4.79 Å². The van der Waals surface area contributed by atoms with Crippen LogP contribution < -0.4 is 11.1 Å². The number of methoxy groups -OCH3 is 1. The van der Waals surface area contributed by atoms with Crippen LogP contribution >= 0.6 is 0 Å². The van der Waals surface area contributed by atoms with Crippen LogP contribution in [-0.2, 0) is 4.74 Å². The van der Waals surface area contributed by atoms with Gasteiger partial charge in [0.2, 0.25) is 0 Å². The summed E-state index contributed by atoms with van der Waals surface area (Å²) in [4.78, 5) is 11.1. The Morgan fingerprint density at radius 3 is 2.92 bits per heavy atom. The number of nitrogens with zero attached hydrogens (tertiary/aromatic N) is 1. The predicted molar refractivity (Wildman–Crippen MR) is 43.9 cm³/mol. The Labute approximate surface area is 69.1 Å². The normalized spacial score (nSPS) is 9.50. The average molecular weight is 170 g/mol. The molecule has 66 valence electrons. The molecule has 0 radical (unpaired) electrons. The van der Waals surface area contributed by atoms with Crippen molar-refractivity contribution in [3.8, 4) is 0 Å². The highest BCUT2D eigenvalue weighted by atomic mass is 16.5. The van der Waals surface area contributed by atoms with Crippen LogP contribution in [0.3, 0.4) is 0 Å². The maximum atomic E-state index is 11.1. The molecule has 0 aliphatic carbocycles. The van der Waals surface area contributed by atoms with E-state index in [2.05, 4.69) is 20.3 Å². The maximum absolute atomic E-state index is 11.1. The molecule has 12 heavy (non-hydrogen) atoms. The summed E-state index contributed by atoms with van der Waals surface area (Å²) in [7, 11) is 2.93. The van der Waals surface area contributed by atoms with Crippen molar-refractivity contribution >= 4 is 17.6 Å². The van der Waals surface area contributed by atoms with Gasteiger partial charge in [-0.15, -0.1) is 0 Å². The molecule has 0 saturated carbocycles. The summed E-state index contributed by atoms with van der Waals surface area (Å²) in [5, 5.41) is 8.92. The third kappa shape index (κ3) is 1.18. The van der Waals surface area contributed by atoms with Gasteiger partial charge in [0.25, 0.3) is 0 Å². The van der Waals surface area contributed by atoms with Gasteiger partial charge in [-0.1, -0.05) is 0 Å². The van der Waals surface area contributed by atoms with Crippen LogP contribution in [0.15, 0.2) is 0 Å². The molecule has 0 spiro atoms. The van der Waals surface area contributed by atoms with E-state index in [0.717, 1.165) is 0 Å². The Hall–Kier alpha value is -1.72. The van der Waals surface area contributed by atoms with E-state index >= 15 is 0 Å². The molecule has 0 bridgehead atoms. The summed E-state index contributed by atoms with van der Waals surface area (Å²) in [6.45, 7) is 0. The summed E-state index contributed by atoms with van der Waals surface area (Å²) in [5.74, 6) is 0.0798. The fourth-order valence-electron chi connectivity index (χ4n) is 0.845. The third-order valence-electron chi connectivity index (χ3n) is 1.42. The number of rotatable bonds is 2. The molecule has 6 nitrogen and oxygen atoms in total. The highest BCUT2D eigenvalue weighted by Gasteiger charge is 2.17. The summed E-state index contributed by atoms with van der Waals surface area (Å²) < 4.78 is 4.50. The number of aromatic nitrogens is 2. The summed E-state index contributed by atoms with van der Waals surface area (Å²) in [6.07, 6.45) is 0. The number of ether oxygens (including phenoxy) is 1. The van der Waals surface area contributed by atoms with Crippen molar-refractivity contribution in [3.05, 3.63) is 5.56 Å². The van der Waals surface area contributed by atoms with E-state index in [1.807, 2.05) is 0 Å². The smallest absolute Gasteiger partial charge is 0.345 e. The molecule has 1 aromatic heterocycles. The van der Waals surface area contributed by atoms with E-state index in [9.17, 15) is 4.79 Å². The van der Waals surface area contributed by atoms with Crippen LogP contribution in [0.1, 0.15) is 10.4 Å². The standard InChI is InChI=1S/C6H10N4O2/c1-8-5-3(6(11)12-2)4(7)9-10-5/h1-2H3,(H4,7,8,9,10). The number of carbonyl (C=O) groups excluding carboxylic acids is 1. The second-order valence-electron chi connectivity index (χ2n) is 2.10. The lowest BCUT2D eigenvalue weighted by atomic mass is 10.3. The van der Waals surface area contributed by atoms with Gasteiger partial charge >= 0.3 is 5.97 Å². The number of nitrogen functional groups attached to an aromatic ring is 1. The Balaban J connectivity index is 3.10. The minimum atomic E-state index is -0.509. The van der Waals surface area contributed by atoms with E-state index in [1.54, 1.807) is 7.05 Å². The predicted octanol–water partition coefficient (Wildman–Crippen LogP) is -0.180. The molecule has 1 heterocycles. The molecule has 0 aliphatic rings. The fraction of sp³-hybridized carbons (Fsp3) is 0.333. The van der Waals surface area contributed by atoms with Crippen LogP contribution in [0.5, 0.6) is 0 Å². The number of aromatic amines is 1. The van der Waals surface area contributed by atoms with Crippen molar-refractivity contribution in [2.24, 2.45) is 0 Å². The van der Waals surface area contributed by atoms with Gasteiger partial charge < -0.3 is 15.8 Å². The minimum Gasteiger partial charge on any atom is -0.465 e. The van der Waals surface area contributed by atoms with Gasteiger partial charge in [0, 0.05) is 7.05 Å². The maximum Gasteiger partial charge on any atom is 0.345 e. The zero-order chi connectivity index (χ0) is 9.14. The lowest BCUT2D eigenvalue weighted by Gasteiger charge is -1.99. The number of carbonyl (C=O) groups is 1. The van der Waals surface area contributed by atoms with Crippen molar-refractivity contribution in [2.75, 3.05) is 25.2 Å². The molecule has 0 atom stereocenters. The Kier molecular flexibility index (Phi) is 2.18. The molecule has 0 aromatic carbocycles. The Morgan fingerprint density at radius 2 is 2.42 bits per heavy atom. The molecular weight excluding hydrogens is 160 g/mol. The molecule has 0 unspecified atom stereocenters. The summed E-state index contributed by atoms with van der Waals surface area (Å²) in [6, 6.07) is 0. The Bertz CT molecular complexity index is 294. The van der Waals surface area contributed by atoms with Gasteiger partial charge in [-0.2, -0.15) is 5.10 Å². The topological polar surface area (TPSA) is 93.0 Å². The van der Waals surface area contributed by atoms with E-state index in [1.165, 1.54) is 7.11 Å². The summed E-state index contributed by atoms with van der Waals surface area (Å²) >= 11 is 0. The highest BCUT2D eigenvalue weighted by Crippen LogP contribution is 2.18. The van der Waals surface area contributed by atoms with Crippen LogP contribution in [-0.4, -0.2) is 30.3 Å². The van der Waals surface area contributed by atoms with Crippen LogP contribution in [0.25, 0.3) is 0 Å². The number of esters is 1. The number of H-pyrrole nitrogens is 1. The quantitative estimate of drug-likeness (QED) is 0.535. The van der Waals surface area contributed by atoms with Gasteiger partial charge in [0.1, 0.15) is 11.4 Å².